The fourth-order valence-electron chi connectivity index (χ4n) is 1.46. The number of nitrogens with zero attached hydrogens (tertiary/aromatic N) is 1. The molecule has 0 aromatic heterocycles. The van der Waals surface area contributed by atoms with Gasteiger partial charge in [-0.25, -0.2) is 8.42 Å². The summed E-state index contributed by atoms with van der Waals surface area (Å²) in [4.78, 5) is -0.501. The summed E-state index contributed by atoms with van der Waals surface area (Å²) in [6, 6.07) is 2.35. The van der Waals surface area contributed by atoms with E-state index in [0.29, 0.717) is 0 Å². The van der Waals surface area contributed by atoms with Crippen molar-refractivity contribution in [3.05, 3.63) is 27.7 Å². The molecular formula is C10H11Cl2F3N2O2S. The van der Waals surface area contributed by atoms with Gasteiger partial charge in [-0.05, 0) is 17.7 Å². The van der Waals surface area contributed by atoms with Crippen LogP contribution < -0.4 is 5.73 Å². The normalized spacial score (nSPS) is 13.0. The zero-order chi connectivity index (χ0) is 15.7. The van der Waals surface area contributed by atoms with Gasteiger partial charge in [-0.15, -0.1) is 0 Å². The van der Waals surface area contributed by atoms with Gasteiger partial charge in [0, 0.05) is 18.6 Å². The van der Waals surface area contributed by atoms with Crippen LogP contribution in [0.1, 0.15) is 5.56 Å². The second-order valence-electron chi connectivity index (χ2n) is 3.96. The topological polar surface area (TPSA) is 63.4 Å². The fraction of sp³-hybridized carbons (Fsp3) is 0.400. The van der Waals surface area contributed by atoms with Crippen molar-refractivity contribution in [2.75, 3.05) is 13.6 Å². The Morgan fingerprint density at radius 3 is 2.30 bits per heavy atom. The summed E-state index contributed by atoms with van der Waals surface area (Å²) in [6.45, 7) is -1.72. The zero-order valence-corrected chi connectivity index (χ0v) is 12.5. The van der Waals surface area contributed by atoms with E-state index in [4.69, 9.17) is 28.9 Å². The molecule has 0 bridgehead atoms. The average Bonchev–Trinajstić information content (AvgIpc) is 2.29. The van der Waals surface area contributed by atoms with E-state index in [9.17, 15) is 21.6 Å². The van der Waals surface area contributed by atoms with Gasteiger partial charge in [0.2, 0.25) is 10.0 Å². The number of rotatable bonds is 4. The third kappa shape index (κ3) is 3.98. The van der Waals surface area contributed by atoms with E-state index in [1.807, 2.05) is 0 Å². The summed E-state index contributed by atoms with van der Waals surface area (Å²) in [5, 5.41) is -0.209. The monoisotopic (exact) mass is 350 g/mol. The highest BCUT2D eigenvalue weighted by molar-refractivity contribution is 7.89. The van der Waals surface area contributed by atoms with Crippen molar-refractivity contribution in [1.29, 1.82) is 0 Å². The lowest BCUT2D eigenvalue weighted by Gasteiger charge is -2.20. The maximum atomic E-state index is 12.3. The second kappa shape index (κ2) is 6.07. The van der Waals surface area contributed by atoms with Gasteiger partial charge in [0.05, 0.1) is 5.02 Å². The maximum Gasteiger partial charge on any atom is 0.402 e. The predicted octanol–water partition coefficient (Wildman–Crippen LogP) is 2.63. The summed E-state index contributed by atoms with van der Waals surface area (Å²) < 4.78 is 61.2. The molecule has 0 aliphatic rings. The first-order valence-electron chi connectivity index (χ1n) is 5.20. The van der Waals surface area contributed by atoms with Crippen molar-refractivity contribution in [2.45, 2.75) is 17.6 Å². The lowest BCUT2D eigenvalue weighted by molar-refractivity contribution is -0.134. The largest absolute Gasteiger partial charge is 0.402 e. The van der Waals surface area contributed by atoms with Gasteiger partial charge < -0.3 is 5.73 Å². The molecule has 0 aliphatic heterocycles. The summed E-state index contributed by atoms with van der Waals surface area (Å²) in [7, 11) is -3.61. The first-order chi connectivity index (χ1) is 8.99. The summed E-state index contributed by atoms with van der Waals surface area (Å²) in [5.74, 6) is 0. The van der Waals surface area contributed by atoms with Crippen LogP contribution in [-0.2, 0) is 16.6 Å². The average molecular weight is 351 g/mol. The minimum Gasteiger partial charge on any atom is -0.326 e. The van der Waals surface area contributed by atoms with Crippen molar-refractivity contribution in [3.63, 3.8) is 0 Å². The maximum absolute atomic E-state index is 12.3. The van der Waals surface area contributed by atoms with E-state index in [1.165, 1.54) is 6.07 Å². The number of alkyl halides is 3. The Morgan fingerprint density at radius 2 is 1.85 bits per heavy atom. The number of hydrogen-bond donors (Lipinski definition) is 1. The third-order valence-corrected chi connectivity index (χ3v) is 4.99. The molecular weight excluding hydrogens is 340 g/mol. The highest BCUT2D eigenvalue weighted by Crippen LogP contribution is 2.31. The molecule has 0 radical (unpaired) electrons. The van der Waals surface area contributed by atoms with Crippen LogP contribution in [0.5, 0.6) is 0 Å². The highest BCUT2D eigenvalue weighted by atomic mass is 35.5. The van der Waals surface area contributed by atoms with E-state index in [2.05, 4.69) is 0 Å². The molecule has 1 rings (SSSR count). The van der Waals surface area contributed by atoms with Crippen molar-refractivity contribution in [1.82, 2.24) is 4.31 Å². The molecule has 0 spiro atoms. The lowest BCUT2D eigenvalue weighted by atomic mass is 10.2. The minimum absolute atomic E-state index is 0.0221. The molecule has 114 valence electrons. The van der Waals surface area contributed by atoms with Crippen molar-refractivity contribution < 1.29 is 21.6 Å². The van der Waals surface area contributed by atoms with Crippen LogP contribution in [0.2, 0.25) is 10.0 Å². The highest BCUT2D eigenvalue weighted by Gasteiger charge is 2.36. The van der Waals surface area contributed by atoms with Gasteiger partial charge in [-0.3, -0.25) is 0 Å². The van der Waals surface area contributed by atoms with Crippen molar-refractivity contribution in [3.8, 4) is 0 Å². The van der Waals surface area contributed by atoms with Gasteiger partial charge in [-0.1, -0.05) is 23.2 Å². The van der Waals surface area contributed by atoms with E-state index >= 15 is 0 Å². The molecule has 0 aliphatic carbocycles. The number of sulfonamides is 1. The molecule has 0 fully saturated rings. The van der Waals surface area contributed by atoms with Gasteiger partial charge in [0.15, 0.2) is 0 Å². The van der Waals surface area contributed by atoms with E-state index < -0.39 is 27.6 Å². The van der Waals surface area contributed by atoms with Crippen LogP contribution in [0.25, 0.3) is 0 Å². The molecule has 0 amide bonds. The molecule has 20 heavy (non-hydrogen) atoms. The van der Waals surface area contributed by atoms with Gasteiger partial charge in [0.1, 0.15) is 11.4 Å². The van der Waals surface area contributed by atoms with Crippen LogP contribution in [-0.4, -0.2) is 32.5 Å². The standard InChI is InChI=1S/C10H11Cl2F3N2O2S/c1-17(5-10(13,14)15)20(18,19)8-3-7(11)2-6(4-16)9(8)12/h2-3H,4-5,16H2,1H3. The summed E-state index contributed by atoms with van der Waals surface area (Å²) >= 11 is 11.6. The molecule has 0 saturated carbocycles. The van der Waals surface area contributed by atoms with Gasteiger partial charge >= 0.3 is 6.18 Å². The molecule has 4 nitrogen and oxygen atoms in total. The number of nitrogens with two attached hydrogens (primary N) is 1. The molecule has 2 N–H and O–H groups in total. The van der Waals surface area contributed by atoms with Crippen LogP contribution in [0, 0.1) is 0 Å². The SMILES string of the molecule is CN(CC(F)(F)F)S(=O)(=O)c1cc(Cl)cc(CN)c1Cl. The fourth-order valence-corrected chi connectivity index (χ4v) is 3.53. The Morgan fingerprint density at radius 1 is 1.30 bits per heavy atom. The van der Waals surface area contributed by atoms with E-state index in [1.54, 1.807) is 0 Å². The van der Waals surface area contributed by atoms with E-state index in [0.717, 1.165) is 13.1 Å². The van der Waals surface area contributed by atoms with Crippen molar-refractivity contribution >= 4 is 33.2 Å². The Kier molecular flexibility index (Phi) is 5.31. The number of hydrogen-bond acceptors (Lipinski definition) is 3. The Bertz CT molecular complexity index is 605. The summed E-state index contributed by atoms with van der Waals surface area (Å²) in [5.41, 5.74) is 5.61. The first kappa shape index (κ1) is 17.5. The molecule has 0 saturated heterocycles. The molecule has 0 heterocycles. The number of benzene rings is 1. The Labute approximate surface area is 124 Å². The van der Waals surface area contributed by atoms with Crippen LogP contribution in [0.3, 0.4) is 0 Å². The predicted molar refractivity (Wildman–Crippen MR) is 70.2 cm³/mol. The molecule has 10 heteroatoms. The minimum atomic E-state index is -4.66. The zero-order valence-electron chi connectivity index (χ0n) is 10.2. The Hall–Kier alpha value is -0.540. The second-order valence-corrected chi connectivity index (χ2v) is 6.79. The molecule has 0 unspecified atom stereocenters. The van der Waals surface area contributed by atoms with Crippen LogP contribution in [0.15, 0.2) is 17.0 Å². The van der Waals surface area contributed by atoms with Gasteiger partial charge in [0.25, 0.3) is 0 Å². The van der Waals surface area contributed by atoms with E-state index in [-0.39, 0.29) is 26.5 Å². The molecule has 1 aromatic rings. The summed E-state index contributed by atoms with van der Waals surface area (Å²) in [6.07, 6.45) is -4.66. The Balaban J connectivity index is 3.32. The third-order valence-electron chi connectivity index (χ3n) is 2.39. The van der Waals surface area contributed by atoms with Crippen LogP contribution in [0.4, 0.5) is 13.2 Å². The van der Waals surface area contributed by atoms with Crippen molar-refractivity contribution in [2.24, 2.45) is 5.73 Å². The molecule has 0 atom stereocenters. The van der Waals surface area contributed by atoms with Gasteiger partial charge in [-0.2, -0.15) is 17.5 Å². The van der Waals surface area contributed by atoms with Crippen LogP contribution >= 0.6 is 23.2 Å². The smallest absolute Gasteiger partial charge is 0.326 e. The number of halogens is 5. The first-order valence-corrected chi connectivity index (χ1v) is 7.39. The quantitative estimate of drug-likeness (QED) is 0.907. The molecule has 1 aromatic carbocycles. The lowest BCUT2D eigenvalue weighted by Crippen LogP contribution is -2.36.